The number of carbonyl (C=O) groups is 2. The van der Waals surface area contributed by atoms with Gasteiger partial charge in [0.05, 0.1) is 6.04 Å². The molecule has 2 rings (SSSR count). The maximum atomic E-state index is 11.9. The quantitative estimate of drug-likeness (QED) is 0.752. The van der Waals surface area contributed by atoms with Crippen molar-refractivity contribution in [3.63, 3.8) is 0 Å². The molecule has 24 heavy (non-hydrogen) atoms. The molecule has 126 valence electrons. The molecule has 0 aromatic heterocycles. The van der Waals surface area contributed by atoms with Crippen LogP contribution in [0.2, 0.25) is 5.02 Å². The topological polar surface area (TPSA) is 84.2 Å². The first-order valence-electron chi connectivity index (χ1n) is 7.61. The fourth-order valence-electron chi connectivity index (χ4n) is 2.42. The zero-order chi connectivity index (χ0) is 17.5. The molecule has 0 fully saturated rings. The predicted octanol–water partition coefficient (Wildman–Crippen LogP) is 2.80. The summed E-state index contributed by atoms with van der Waals surface area (Å²) < 4.78 is 0. The number of hydrogen-bond donors (Lipinski definition) is 3. The molecule has 3 amide bonds. The van der Waals surface area contributed by atoms with Crippen LogP contribution >= 0.6 is 11.6 Å². The molecular formula is C18H20ClN3O2. The number of primary amides is 1. The maximum Gasteiger partial charge on any atom is 0.318 e. The summed E-state index contributed by atoms with van der Waals surface area (Å²) >= 11 is 5.93. The normalized spacial score (nSPS) is 13.1. The van der Waals surface area contributed by atoms with Gasteiger partial charge in [0.2, 0.25) is 5.91 Å². The minimum absolute atomic E-state index is 0.0963. The molecule has 0 aliphatic rings. The van der Waals surface area contributed by atoms with Crippen LogP contribution in [0.3, 0.4) is 0 Å². The van der Waals surface area contributed by atoms with E-state index < -0.39 is 18.0 Å². The minimum atomic E-state index is -0.859. The van der Waals surface area contributed by atoms with Crippen molar-refractivity contribution in [3.05, 3.63) is 70.7 Å². The summed E-state index contributed by atoms with van der Waals surface area (Å²) in [5.74, 6) is -0.459. The van der Waals surface area contributed by atoms with Gasteiger partial charge in [-0.3, -0.25) is 15.4 Å². The largest absolute Gasteiger partial charge is 0.351 e. The molecular weight excluding hydrogens is 326 g/mol. The Bertz CT molecular complexity index is 689. The van der Waals surface area contributed by atoms with E-state index in [1.165, 1.54) is 0 Å². The van der Waals surface area contributed by atoms with E-state index in [1.807, 2.05) is 54.6 Å². The third-order valence-corrected chi connectivity index (χ3v) is 3.90. The number of halogens is 1. The summed E-state index contributed by atoms with van der Waals surface area (Å²) in [6, 6.07) is 15.9. The standard InChI is InChI=1S/C18H20ClN3O2/c1-12(17(23)22-18(20)24)21-16(14-5-3-2-4-6-14)11-13-7-9-15(19)10-8-13/h2-10,12,16,21H,11H2,1H3,(H3,20,22,23,24)/t12-,16+/m0/s1. The van der Waals surface area contributed by atoms with Gasteiger partial charge in [-0.05, 0) is 36.6 Å². The highest BCUT2D eigenvalue weighted by atomic mass is 35.5. The zero-order valence-electron chi connectivity index (χ0n) is 13.3. The van der Waals surface area contributed by atoms with Crippen molar-refractivity contribution in [2.45, 2.75) is 25.4 Å². The van der Waals surface area contributed by atoms with Crippen molar-refractivity contribution >= 4 is 23.5 Å². The lowest BCUT2D eigenvalue weighted by molar-refractivity contribution is -0.121. The van der Waals surface area contributed by atoms with Gasteiger partial charge in [0.15, 0.2) is 0 Å². The van der Waals surface area contributed by atoms with Gasteiger partial charge in [-0.2, -0.15) is 0 Å². The van der Waals surface area contributed by atoms with Gasteiger partial charge in [0.1, 0.15) is 0 Å². The lowest BCUT2D eigenvalue weighted by Crippen LogP contribution is -2.47. The smallest absolute Gasteiger partial charge is 0.318 e. The summed E-state index contributed by atoms with van der Waals surface area (Å²) in [6.45, 7) is 1.69. The van der Waals surface area contributed by atoms with Crippen LogP contribution in [0.5, 0.6) is 0 Å². The maximum absolute atomic E-state index is 11.9. The van der Waals surface area contributed by atoms with Crippen molar-refractivity contribution in [2.75, 3.05) is 0 Å². The molecule has 0 bridgehead atoms. The van der Waals surface area contributed by atoms with Crippen LogP contribution in [0, 0.1) is 0 Å². The number of nitrogens with one attached hydrogen (secondary N) is 2. The van der Waals surface area contributed by atoms with Crippen LogP contribution in [0.25, 0.3) is 0 Å². The van der Waals surface area contributed by atoms with Crippen molar-refractivity contribution in [1.82, 2.24) is 10.6 Å². The lowest BCUT2D eigenvalue weighted by atomic mass is 9.98. The highest BCUT2D eigenvalue weighted by Gasteiger charge is 2.20. The van der Waals surface area contributed by atoms with Gasteiger partial charge >= 0.3 is 6.03 Å². The van der Waals surface area contributed by atoms with Crippen molar-refractivity contribution in [1.29, 1.82) is 0 Å². The van der Waals surface area contributed by atoms with Gasteiger partial charge in [-0.25, -0.2) is 4.79 Å². The fraction of sp³-hybridized carbons (Fsp3) is 0.222. The van der Waals surface area contributed by atoms with Gasteiger partial charge in [-0.1, -0.05) is 54.1 Å². The van der Waals surface area contributed by atoms with E-state index in [9.17, 15) is 9.59 Å². The Morgan fingerprint density at radius 3 is 2.29 bits per heavy atom. The Morgan fingerprint density at radius 2 is 1.71 bits per heavy atom. The molecule has 5 nitrogen and oxygen atoms in total. The number of urea groups is 1. The summed E-state index contributed by atoms with van der Waals surface area (Å²) in [7, 11) is 0. The van der Waals surface area contributed by atoms with E-state index in [1.54, 1.807) is 6.92 Å². The van der Waals surface area contributed by atoms with E-state index in [0.29, 0.717) is 11.4 Å². The molecule has 0 aliphatic heterocycles. The average molecular weight is 346 g/mol. The van der Waals surface area contributed by atoms with E-state index in [4.69, 9.17) is 17.3 Å². The van der Waals surface area contributed by atoms with Crippen LogP contribution in [0.1, 0.15) is 24.1 Å². The van der Waals surface area contributed by atoms with Gasteiger partial charge in [0, 0.05) is 11.1 Å². The summed E-state index contributed by atoms with van der Waals surface area (Å²) in [6.07, 6.45) is 0.676. The molecule has 2 aromatic rings. The second-order valence-corrected chi connectivity index (χ2v) is 5.97. The van der Waals surface area contributed by atoms with E-state index in [2.05, 4.69) is 10.6 Å². The SMILES string of the molecule is C[C@H](N[C@H](Cc1ccc(Cl)cc1)c1ccccc1)C(=O)NC(N)=O. The number of carbonyl (C=O) groups excluding carboxylic acids is 2. The second-order valence-electron chi connectivity index (χ2n) is 5.54. The van der Waals surface area contributed by atoms with Crippen LogP contribution in [0.15, 0.2) is 54.6 Å². The minimum Gasteiger partial charge on any atom is -0.351 e. The Morgan fingerprint density at radius 1 is 1.08 bits per heavy atom. The molecule has 0 saturated heterocycles. The Labute approximate surface area is 146 Å². The molecule has 0 radical (unpaired) electrons. The average Bonchev–Trinajstić information content (AvgIpc) is 2.56. The van der Waals surface area contributed by atoms with Crippen LogP contribution in [0.4, 0.5) is 4.79 Å². The fourth-order valence-corrected chi connectivity index (χ4v) is 2.55. The van der Waals surface area contributed by atoms with Crippen LogP contribution in [-0.2, 0) is 11.2 Å². The third kappa shape index (κ3) is 5.37. The van der Waals surface area contributed by atoms with E-state index >= 15 is 0 Å². The van der Waals surface area contributed by atoms with Crippen molar-refractivity contribution in [2.24, 2.45) is 5.73 Å². The number of nitrogens with two attached hydrogens (primary N) is 1. The van der Waals surface area contributed by atoms with Gasteiger partial charge in [0.25, 0.3) is 0 Å². The molecule has 4 N–H and O–H groups in total. The highest BCUT2D eigenvalue weighted by molar-refractivity contribution is 6.30. The highest BCUT2D eigenvalue weighted by Crippen LogP contribution is 2.20. The van der Waals surface area contributed by atoms with Crippen LogP contribution < -0.4 is 16.4 Å². The monoisotopic (exact) mass is 345 g/mol. The number of hydrogen-bond acceptors (Lipinski definition) is 3. The summed E-state index contributed by atoms with van der Waals surface area (Å²) in [5, 5.41) is 6.02. The summed E-state index contributed by atoms with van der Waals surface area (Å²) in [4.78, 5) is 22.8. The molecule has 6 heteroatoms. The molecule has 0 heterocycles. The first-order valence-corrected chi connectivity index (χ1v) is 7.99. The number of rotatable bonds is 6. The van der Waals surface area contributed by atoms with E-state index in [-0.39, 0.29) is 6.04 Å². The molecule has 2 aromatic carbocycles. The predicted molar refractivity (Wildman–Crippen MR) is 94.7 cm³/mol. The Kier molecular flexibility index (Phi) is 6.35. The van der Waals surface area contributed by atoms with Gasteiger partial charge < -0.3 is 5.73 Å². The number of imide groups is 1. The molecule has 0 spiro atoms. The first-order chi connectivity index (χ1) is 11.5. The third-order valence-electron chi connectivity index (χ3n) is 3.65. The molecule has 0 unspecified atom stereocenters. The zero-order valence-corrected chi connectivity index (χ0v) is 14.1. The van der Waals surface area contributed by atoms with Crippen molar-refractivity contribution in [3.8, 4) is 0 Å². The number of benzene rings is 2. The summed E-state index contributed by atoms with van der Waals surface area (Å²) in [5.41, 5.74) is 7.13. The second kappa shape index (κ2) is 8.47. The van der Waals surface area contributed by atoms with Crippen molar-refractivity contribution < 1.29 is 9.59 Å². The molecule has 0 saturated carbocycles. The first kappa shape index (κ1) is 18.0. The molecule has 0 aliphatic carbocycles. The van der Waals surface area contributed by atoms with Crippen LogP contribution in [-0.4, -0.2) is 18.0 Å². The number of amides is 3. The Balaban J connectivity index is 2.15. The van der Waals surface area contributed by atoms with Gasteiger partial charge in [-0.15, -0.1) is 0 Å². The Hall–Kier alpha value is -2.37. The van der Waals surface area contributed by atoms with E-state index in [0.717, 1.165) is 11.1 Å². The molecule has 2 atom stereocenters. The lowest BCUT2D eigenvalue weighted by Gasteiger charge is -2.23.